The number of amides is 1. The average Bonchev–Trinajstić information content (AvgIpc) is 2.85. The van der Waals surface area contributed by atoms with Crippen molar-refractivity contribution >= 4 is 22.0 Å². The number of carbonyl (C=O) groups is 2. The summed E-state index contributed by atoms with van der Waals surface area (Å²) in [6.45, 7) is 5.50. The smallest absolute Gasteiger partial charge is 0.430 e. The summed E-state index contributed by atoms with van der Waals surface area (Å²) in [6.07, 6.45) is 3.68. The van der Waals surface area contributed by atoms with Crippen molar-refractivity contribution in [2.45, 2.75) is 115 Å². The fourth-order valence-corrected chi connectivity index (χ4v) is 5.60. The van der Waals surface area contributed by atoms with Gasteiger partial charge in [-0.3, -0.25) is 14.1 Å². The highest BCUT2D eigenvalue weighted by Crippen LogP contribution is 2.42. The molecule has 0 radical (unpaired) electrons. The fourth-order valence-electron chi connectivity index (χ4n) is 4.85. The minimum atomic E-state index is -5.23. The van der Waals surface area contributed by atoms with Gasteiger partial charge in [-0.05, 0) is 18.8 Å². The Morgan fingerprint density at radius 3 is 1.80 bits per heavy atom. The Bertz CT molecular complexity index is 1020. The molecule has 2 N–H and O–H groups in total. The van der Waals surface area contributed by atoms with Gasteiger partial charge in [0.05, 0.1) is 11.8 Å². The van der Waals surface area contributed by atoms with Crippen LogP contribution in [-0.4, -0.2) is 56.0 Å². The van der Waals surface area contributed by atoms with Gasteiger partial charge in [-0.1, -0.05) is 102 Å². The van der Waals surface area contributed by atoms with Crippen molar-refractivity contribution in [2.24, 2.45) is 5.92 Å². The molecule has 1 aromatic rings. The van der Waals surface area contributed by atoms with Crippen molar-refractivity contribution in [1.29, 1.82) is 0 Å². The summed E-state index contributed by atoms with van der Waals surface area (Å²) in [5.41, 5.74) is -4.00. The van der Waals surface area contributed by atoms with E-state index in [9.17, 15) is 35.7 Å². The molecular formula is C29H46F3NO7S. The van der Waals surface area contributed by atoms with Gasteiger partial charge in [0.2, 0.25) is 0 Å². The molecule has 0 spiro atoms. The molecule has 236 valence electrons. The number of ether oxygens (including phenoxy) is 2. The highest BCUT2D eigenvalue weighted by Gasteiger charge is 2.63. The van der Waals surface area contributed by atoms with E-state index in [1.54, 1.807) is 0 Å². The summed E-state index contributed by atoms with van der Waals surface area (Å²) in [5, 5.41) is 2.07. The van der Waals surface area contributed by atoms with Crippen LogP contribution in [0.25, 0.3) is 0 Å². The van der Waals surface area contributed by atoms with Crippen LogP contribution in [-0.2, 0) is 34.8 Å². The van der Waals surface area contributed by atoms with Crippen molar-refractivity contribution in [3.8, 4) is 0 Å². The molecule has 0 heterocycles. The number of methoxy groups -OCH3 is 1. The van der Waals surface area contributed by atoms with E-state index in [1.165, 1.54) is 43.9 Å². The molecule has 8 nitrogen and oxygen atoms in total. The van der Waals surface area contributed by atoms with Crippen LogP contribution in [0.1, 0.15) is 97.0 Å². The van der Waals surface area contributed by atoms with Crippen LogP contribution in [0.3, 0.4) is 0 Å². The Balaban J connectivity index is 2.93. The maximum absolute atomic E-state index is 14.3. The second kappa shape index (κ2) is 17.7. The first kappa shape index (κ1) is 36.8. The third-order valence-corrected chi connectivity index (χ3v) is 7.73. The van der Waals surface area contributed by atoms with Crippen LogP contribution in [0.4, 0.5) is 13.2 Å². The molecule has 0 aliphatic carbocycles. The number of hydrogen-bond acceptors (Lipinski definition) is 6. The molecular weight excluding hydrogens is 563 g/mol. The highest BCUT2D eigenvalue weighted by atomic mass is 32.2. The molecule has 0 saturated carbocycles. The SMILES string of the molecule is CO[C@@](C(=O)N[C@@H](CS(=O)(=O)O)C(CCCCCCCCCCCC(C)C)OC(C)=O)(c1ccccc1)C(F)(F)F. The van der Waals surface area contributed by atoms with E-state index in [2.05, 4.69) is 19.2 Å². The quantitative estimate of drug-likeness (QED) is 0.101. The maximum Gasteiger partial charge on any atom is 0.430 e. The van der Waals surface area contributed by atoms with E-state index in [0.29, 0.717) is 25.9 Å². The molecule has 0 fully saturated rings. The second-order valence-electron chi connectivity index (χ2n) is 10.9. The van der Waals surface area contributed by atoms with Crippen molar-refractivity contribution in [2.75, 3.05) is 12.9 Å². The van der Waals surface area contributed by atoms with Crippen LogP contribution in [0.5, 0.6) is 0 Å². The predicted molar refractivity (Wildman–Crippen MR) is 151 cm³/mol. The fraction of sp³-hybridized carbons (Fsp3) is 0.724. The summed E-state index contributed by atoms with van der Waals surface area (Å²) in [5.74, 6) is -2.94. The van der Waals surface area contributed by atoms with E-state index < -0.39 is 57.2 Å². The number of alkyl halides is 3. The highest BCUT2D eigenvalue weighted by molar-refractivity contribution is 7.85. The van der Waals surface area contributed by atoms with Gasteiger partial charge in [-0.25, -0.2) is 0 Å². The normalized spacial score (nSPS) is 15.2. The van der Waals surface area contributed by atoms with Crippen LogP contribution in [0.15, 0.2) is 30.3 Å². The lowest BCUT2D eigenvalue weighted by atomic mass is 9.91. The Hall–Kier alpha value is -2.18. The van der Waals surface area contributed by atoms with Crippen LogP contribution >= 0.6 is 0 Å². The van der Waals surface area contributed by atoms with Gasteiger partial charge in [-0.15, -0.1) is 0 Å². The topological polar surface area (TPSA) is 119 Å². The van der Waals surface area contributed by atoms with Crippen molar-refractivity contribution in [1.82, 2.24) is 5.32 Å². The Kier molecular flexibility index (Phi) is 15.9. The lowest BCUT2D eigenvalue weighted by molar-refractivity contribution is -0.266. The van der Waals surface area contributed by atoms with Crippen molar-refractivity contribution < 1.29 is 45.2 Å². The van der Waals surface area contributed by atoms with Gasteiger partial charge in [0.1, 0.15) is 6.10 Å². The Morgan fingerprint density at radius 2 is 1.39 bits per heavy atom. The molecule has 3 atom stereocenters. The average molecular weight is 610 g/mol. The van der Waals surface area contributed by atoms with E-state index in [1.807, 2.05) is 0 Å². The van der Waals surface area contributed by atoms with E-state index in [0.717, 1.165) is 44.7 Å². The molecule has 1 rings (SSSR count). The zero-order valence-corrected chi connectivity index (χ0v) is 25.4. The molecule has 0 saturated heterocycles. The molecule has 12 heteroatoms. The molecule has 1 amide bonds. The lowest BCUT2D eigenvalue weighted by Gasteiger charge is -2.36. The lowest BCUT2D eigenvalue weighted by Crippen LogP contribution is -2.60. The molecule has 0 aromatic heterocycles. The first-order chi connectivity index (χ1) is 19.1. The van der Waals surface area contributed by atoms with E-state index in [-0.39, 0.29) is 6.42 Å². The summed E-state index contributed by atoms with van der Waals surface area (Å²) in [7, 11) is -4.07. The summed E-state index contributed by atoms with van der Waals surface area (Å²) in [6, 6.07) is 4.52. The number of hydrogen-bond donors (Lipinski definition) is 2. The van der Waals surface area contributed by atoms with Gasteiger partial charge in [0, 0.05) is 19.6 Å². The molecule has 1 aromatic carbocycles. The monoisotopic (exact) mass is 609 g/mol. The number of unbranched alkanes of at least 4 members (excludes halogenated alkanes) is 8. The predicted octanol–water partition coefficient (Wildman–Crippen LogP) is 6.34. The molecule has 0 bridgehead atoms. The minimum absolute atomic E-state index is 0.0760. The van der Waals surface area contributed by atoms with Gasteiger partial charge < -0.3 is 14.8 Å². The first-order valence-corrected chi connectivity index (χ1v) is 15.9. The van der Waals surface area contributed by atoms with Crippen molar-refractivity contribution in [3.05, 3.63) is 35.9 Å². The van der Waals surface area contributed by atoms with Crippen molar-refractivity contribution in [3.63, 3.8) is 0 Å². The molecule has 41 heavy (non-hydrogen) atoms. The molecule has 0 aliphatic rings. The number of halogens is 3. The number of nitrogens with one attached hydrogen (secondary N) is 1. The third kappa shape index (κ3) is 13.1. The largest absolute Gasteiger partial charge is 0.460 e. The van der Waals surface area contributed by atoms with Crippen LogP contribution in [0.2, 0.25) is 0 Å². The zero-order valence-electron chi connectivity index (χ0n) is 24.5. The second-order valence-corrected chi connectivity index (χ2v) is 12.4. The van der Waals surface area contributed by atoms with Crippen LogP contribution in [0, 0.1) is 5.92 Å². The Labute approximate surface area is 242 Å². The standard InChI is InChI=1S/C29H46F3NO7S/c1-22(2)17-13-10-8-6-5-7-9-11-16-20-26(40-23(3)34)25(21-41(36,37)38)33-27(35)28(39-4,29(30,31)32)24-18-14-12-15-19-24/h12,14-15,18-19,22,25-26H,5-11,13,16-17,20-21H2,1-4H3,(H,33,35)(H,36,37,38)/t25-,26?,28+/m0/s1. The maximum atomic E-state index is 14.3. The van der Waals surface area contributed by atoms with Crippen LogP contribution < -0.4 is 5.32 Å². The number of carbonyl (C=O) groups excluding carboxylic acids is 2. The minimum Gasteiger partial charge on any atom is -0.460 e. The third-order valence-electron chi connectivity index (χ3n) is 6.95. The van der Waals surface area contributed by atoms with E-state index >= 15 is 0 Å². The van der Waals surface area contributed by atoms with Gasteiger partial charge in [0.15, 0.2) is 0 Å². The van der Waals surface area contributed by atoms with Gasteiger partial charge >= 0.3 is 12.1 Å². The van der Waals surface area contributed by atoms with Gasteiger partial charge in [0.25, 0.3) is 21.6 Å². The number of esters is 1. The number of rotatable bonds is 20. The zero-order chi connectivity index (χ0) is 31.1. The number of benzene rings is 1. The summed E-state index contributed by atoms with van der Waals surface area (Å²) < 4.78 is 86.1. The summed E-state index contributed by atoms with van der Waals surface area (Å²) in [4.78, 5) is 25.0. The summed E-state index contributed by atoms with van der Waals surface area (Å²) >= 11 is 0. The first-order valence-electron chi connectivity index (χ1n) is 14.2. The Morgan fingerprint density at radius 1 is 0.902 bits per heavy atom. The molecule has 1 unspecified atom stereocenters. The van der Waals surface area contributed by atoms with E-state index in [4.69, 9.17) is 9.47 Å². The van der Waals surface area contributed by atoms with Gasteiger partial charge in [-0.2, -0.15) is 21.6 Å². The molecule has 0 aliphatic heterocycles.